The quantitative estimate of drug-likeness (QED) is 0.713. The van der Waals surface area contributed by atoms with Gasteiger partial charge in [-0.15, -0.1) is 5.10 Å². The Morgan fingerprint density at radius 2 is 2.31 bits per heavy atom. The van der Waals surface area contributed by atoms with Crippen LogP contribution >= 0.6 is 0 Å². The summed E-state index contributed by atoms with van der Waals surface area (Å²) < 4.78 is 0. The number of anilines is 1. The highest BCUT2D eigenvalue weighted by molar-refractivity contribution is 5.39. The monoisotopic (exact) mass is 174 g/mol. The molecule has 0 unspecified atom stereocenters. The van der Waals surface area contributed by atoms with Crippen LogP contribution in [0.15, 0.2) is 30.6 Å². The van der Waals surface area contributed by atoms with Crippen LogP contribution in [-0.4, -0.2) is 15.2 Å². The van der Waals surface area contributed by atoms with Gasteiger partial charge in [-0.3, -0.25) is 0 Å². The number of nitrogens with two attached hydrogens (primary N) is 1. The summed E-state index contributed by atoms with van der Waals surface area (Å²) in [5.74, 6) is 0.497. The first-order chi connectivity index (χ1) is 6.36. The van der Waals surface area contributed by atoms with E-state index in [1.807, 2.05) is 24.4 Å². The standard InChI is InChI=1S/C9H10N4/c10-9-7(3-5-12-13-9)6-8-2-1-4-11-8/h1-5,11H,6H2,(H2,10,13). The summed E-state index contributed by atoms with van der Waals surface area (Å²) in [6, 6.07) is 5.85. The van der Waals surface area contributed by atoms with E-state index in [1.165, 1.54) is 0 Å². The van der Waals surface area contributed by atoms with Crippen molar-refractivity contribution in [2.24, 2.45) is 0 Å². The largest absolute Gasteiger partial charge is 0.382 e. The maximum absolute atomic E-state index is 5.65. The minimum absolute atomic E-state index is 0.497. The van der Waals surface area contributed by atoms with E-state index in [-0.39, 0.29) is 0 Å². The zero-order valence-corrected chi connectivity index (χ0v) is 7.07. The maximum atomic E-state index is 5.65. The number of nitrogens with one attached hydrogen (secondary N) is 1. The lowest BCUT2D eigenvalue weighted by molar-refractivity contribution is 0.996. The molecule has 0 bridgehead atoms. The van der Waals surface area contributed by atoms with Gasteiger partial charge in [0.2, 0.25) is 0 Å². The van der Waals surface area contributed by atoms with Crippen LogP contribution in [0.3, 0.4) is 0 Å². The summed E-state index contributed by atoms with van der Waals surface area (Å²) in [5, 5.41) is 7.46. The van der Waals surface area contributed by atoms with E-state index in [2.05, 4.69) is 15.2 Å². The number of H-pyrrole nitrogens is 1. The fourth-order valence-electron chi connectivity index (χ4n) is 1.20. The van der Waals surface area contributed by atoms with E-state index in [1.54, 1.807) is 6.20 Å². The molecule has 2 rings (SSSR count). The Kier molecular flexibility index (Phi) is 1.96. The molecule has 0 saturated heterocycles. The number of nitrogens with zero attached hydrogens (tertiary/aromatic N) is 2. The highest BCUT2D eigenvalue weighted by Crippen LogP contribution is 2.10. The summed E-state index contributed by atoms with van der Waals surface area (Å²) in [4.78, 5) is 3.11. The normalized spacial score (nSPS) is 10.2. The summed E-state index contributed by atoms with van der Waals surface area (Å²) in [7, 11) is 0. The van der Waals surface area contributed by atoms with Gasteiger partial charge >= 0.3 is 0 Å². The topological polar surface area (TPSA) is 67.6 Å². The molecule has 0 spiro atoms. The second-order valence-electron chi connectivity index (χ2n) is 2.81. The van der Waals surface area contributed by atoms with Gasteiger partial charge in [-0.2, -0.15) is 5.10 Å². The smallest absolute Gasteiger partial charge is 0.149 e. The van der Waals surface area contributed by atoms with Crippen molar-refractivity contribution in [2.45, 2.75) is 6.42 Å². The van der Waals surface area contributed by atoms with Crippen molar-refractivity contribution >= 4 is 5.82 Å². The van der Waals surface area contributed by atoms with Crippen LogP contribution in [0, 0.1) is 0 Å². The Morgan fingerprint density at radius 1 is 1.38 bits per heavy atom. The van der Waals surface area contributed by atoms with Gasteiger partial charge in [0.1, 0.15) is 5.82 Å². The lowest BCUT2D eigenvalue weighted by Gasteiger charge is -2.00. The summed E-state index contributed by atoms with van der Waals surface area (Å²) >= 11 is 0. The molecule has 2 heterocycles. The van der Waals surface area contributed by atoms with Crippen molar-refractivity contribution in [2.75, 3.05) is 5.73 Å². The van der Waals surface area contributed by atoms with Gasteiger partial charge in [0.05, 0.1) is 6.20 Å². The lowest BCUT2D eigenvalue weighted by Crippen LogP contribution is -1.99. The minimum atomic E-state index is 0.497. The molecular formula is C9H10N4. The molecule has 0 radical (unpaired) electrons. The Labute approximate surface area is 75.8 Å². The van der Waals surface area contributed by atoms with Gasteiger partial charge < -0.3 is 10.7 Å². The predicted octanol–water partition coefficient (Wildman–Crippen LogP) is 0.978. The molecule has 4 nitrogen and oxygen atoms in total. The fraction of sp³-hybridized carbons (Fsp3) is 0.111. The zero-order valence-electron chi connectivity index (χ0n) is 7.07. The Balaban J connectivity index is 2.24. The van der Waals surface area contributed by atoms with Crippen LogP contribution in [0.5, 0.6) is 0 Å². The molecule has 13 heavy (non-hydrogen) atoms. The third-order valence-corrected chi connectivity index (χ3v) is 1.88. The third kappa shape index (κ3) is 1.66. The van der Waals surface area contributed by atoms with Gasteiger partial charge in [-0.05, 0) is 18.2 Å². The average molecular weight is 174 g/mol. The molecule has 0 atom stereocenters. The SMILES string of the molecule is Nc1nnccc1Cc1ccc[nH]1. The first-order valence-electron chi connectivity index (χ1n) is 4.04. The lowest BCUT2D eigenvalue weighted by atomic mass is 10.1. The maximum Gasteiger partial charge on any atom is 0.149 e. The van der Waals surface area contributed by atoms with Crippen LogP contribution in [0.1, 0.15) is 11.3 Å². The van der Waals surface area contributed by atoms with Crippen LogP contribution in [0.4, 0.5) is 5.82 Å². The van der Waals surface area contributed by atoms with Gasteiger partial charge in [-0.25, -0.2) is 0 Å². The van der Waals surface area contributed by atoms with Crippen molar-refractivity contribution in [1.82, 2.24) is 15.2 Å². The van der Waals surface area contributed by atoms with Gasteiger partial charge in [0, 0.05) is 23.9 Å². The second kappa shape index (κ2) is 3.26. The highest BCUT2D eigenvalue weighted by Gasteiger charge is 2.01. The number of aromatic amines is 1. The highest BCUT2D eigenvalue weighted by atomic mass is 15.1. The molecular weight excluding hydrogens is 164 g/mol. The molecule has 0 aliphatic carbocycles. The Hall–Kier alpha value is -1.84. The summed E-state index contributed by atoms with van der Waals surface area (Å²) in [5.41, 5.74) is 7.77. The van der Waals surface area contributed by atoms with Crippen molar-refractivity contribution in [1.29, 1.82) is 0 Å². The molecule has 0 fully saturated rings. The summed E-state index contributed by atoms with van der Waals surface area (Å²) in [6.45, 7) is 0. The number of hydrogen-bond acceptors (Lipinski definition) is 3. The van der Waals surface area contributed by atoms with E-state index in [9.17, 15) is 0 Å². The molecule has 66 valence electrons. The predicted molar refractivity (Wildman–Crippen MR) is 50.0 cm³/mol. The van der Waals surface area contributed by atoms with Gasteiger partial charge in [0.25, 0.3) is 0 Å². The Morgan fingerprint density at radius 3 is 3.00 bits per heavy atom. The first kappa shape index (κ1) is 7.79. The number of hydrogen-bond donors (Lipinski definition) is 2. The molecule has 0 aromatic carbocycles. The van der Waals surface area contributed by atoms with E-state index in [0.29, 0.717) is 5.82 Å². The van der Waals surface area contributed by atoms with E-state index < -0.39 is 0 Å². The minimum Gasteiger partial charge on any atom is -0.382 e. The van der Waals surface area contributed by atoms with Crippen molar-refractivity contribution in [3.63, 3.8) is 0 Å². The number of nitrogen functional groups attached to an aromatic ring is 1. The molecule has 2 aromatic heterocycles. The van der Waals surface area contributed by atoms with Gasteiger partial charge in [-0.1, -0.05) is 0 Å². The first-order valence-corrected chi connectivity index (χ1v) is 4.04. The molecule has 0 amide bonds. The Bertz CT molecular complexity index is 380. The number of aromatic nitrogens is 3. The third-order valence-electron chi connectivity index (χ3n) is 1.88. The van der Waals surface area contributed by atoms with Crippen LogP contribution in [0.2, 0.25) is 0 Å². The van der Waals surface area contributed by atoms with E-state index in [0.717, 1.165) is 17.7 Å². The van der Waals surface area contributed by atoms with Crippen LogP contribution in [0.25, 0.3) is 0 Å². The van der Waals surface area contributed by atoms with E-state index >= 15 is 0 Å². The van der Waals surface area contributed by atoms with Crippen molar-refractivity contribution in [3.05, 3.63) is 41.9 Å². The fourth-order valence-corrected chi connectivity index (χ4v) is 1.20. The summed E-state index contributed by atoms with van der Waals surface area (Å²) in [6.07, 6.45) is 4.31. The van der Waals surface area contributed by atoms with Crippen LogP contribution < -0.4 is 5.73 Å². The second-order valence-corrected chi connectivity index (χ2v) is 2.81. The molecule has 2 aromatic rings. The van der Waals surface area contributed by atoms with E-state index in [4.69, 9.17) is 5.73 Å². The van der Waals surface area contributed by atoms with Crippen molar-refractivity contribution in [3.8, 4) is 0 Å². The average Bonchev–Trinajstić information content (AvgIpc) is 2.61. The van der Waals surface area contributed by atoms with Gasteiger partial charge in [0.15, 0.2) is 0 Å². The molecule has 0 aliphatic rings. The zero-order chi connectivity index (χ0) is 9.10. The number of rotatable bonds is 2. The molecule has 4 heteroatoms. The molecule has 0 saturated carbocycles. The van der Waals surface area contributed by atoms with Crippen molar-refractivity contribution < 1.29 is 0 Å². The van der Waals surface area contributed by atoms with Crippen LogP contribution in [-0.2, 0) is 6.42 Å². The molecule has 0 aliphatic heterocycles. The molecule has 3 N–H and O–H groups in total.